The van der Waals surface area contributed by atoms with Crippen LogP contribution in [0.15, 0.2) is 24.8 Å². The lowest BCUT2D eigenvalue weighted by Crippen LogP contribution is -2.46. The zero-order valence-corrected chi connectivity index (χ0v) is 38.3. The van der Waals surface area contributed by atoms with Crippen LogP contribution in [0.3, 0.4) is 0 Å². The van der Waals surface area contributed by atoms with E-state index in [-0.39, 0.29) is 11.9 Å². The van der Waals surface area contributed by atoms with Gasteiger partial charge in [0.2, 0.25) is 30.2 Å². The summed E-state index contributed by atoms with van der Waals surface area (Å²) in [4.78, 5) is 68.5. The average molecular weight is 905 g/mol. The minimum atomic E-state index is 0.208. The number of imidazole rings is 2. The van der Waals surface area contributed by atoms with E-state index in [1.165, 1.54) is 0 Å². The number of ether oxygens (including phenoxy) is 2. The number of nitrogens with one attached hydrogen (secondary N) is 1. The number of nitrogen functional groups attached to an aromatic ring is 2. The Balaban J connectivity index is 0.000000166. The predicted octanol–water partition coefficient (Wildman–Crippen LogP) is 1.40. The summed E-state index contributed by atoms with van der Waals surface area (Å²) in [5.41, 5.74) is 16.1. The van der Waals surface area contributed by atoms with Gasteiger partial charge >= 0.3 is 0 Å². The Bertz CT molecular complexity index is 2570. The molecule has 0 spiro atoms. The summed E-state index contributed by atoms with van der Waals surface area (Å²) in [6, 6.07) is 0. The number of morpholine rings is 2. The lowest BCUT2D eigenvalue weighted by Gasteiger charge is -2.33. The second-order valence-corrected chi connectivity index (χ2v) is 17.6. The smallest absolute Gasteiger partial charge is 0.219 e. The Hall–Kier alpha value is -6.59. The van der Waals surface area contributed by atoms with Crippen molar-refractivity contribution >= 4 is 64.2 Å². The Morgan fingerprint density at radius 3 is 1.36 bits per heavy atom. The predicted molar refractivity (Wildman–Crippen MR) is 252 cm³/mol. The van der Waals surface area contributed by atoms with Crippen LogP contribution in [0.2, 0.25) is 0 Å². The number of aromatic nitrogens is 12. The highest BCUT2D eigenvalue weighted by Gasteiger charge is 2.29. The first-order valence-corrected chi connectivity index (χ1v) is 22.9. The number of amides is 1. The normalized spacial score (nSPS) is 17.3. The molecular weight excluding hydrogens is 845 g/mol. The molecule has 1 amide bonds. The van der Waals surface area contributed by atoms with E-state index < -0.39 is 0 Å². The van der Waals surface area contributed by atoms with Crippen molar-refractivity contribution in [1.29, 1.82) is 0 Å². The van der Waals surface area contributed by atoms with Gasteiger partial charge in [-0.15, -0.1) is 0 Å². The first kappa shape index (κ1) is 44.6. The maximum atomic E-state index is 11.2. The third-order valence-corrected chi connectivity index (χ3v) is 11.8. The molecule has 4 saturated heterocycles. The van der Waals surface area contributed by atoms with Crippen LogP contribution in [-0.4, -0.2) is 175 Å². The van der Waals surface area contributed by atoms with E-state index in [4.69, 9.17) is 50.8 Å². The van der Waals surface area contributed by atoms with Gasteiger partial charge in [0.1, 0.15) is 0 Å². The minimum Gasteiger partial charge on any atom is -0.378 e. The van der Waals surface area contributed by atoms with Crippen molar-refractivity contribution in [2.24, 2.45) is 11.8 Å². The summed E-state index contributed by atoms with van der Waals surface area (Å²) in [6.07, 6.45) is 7.56. The Morgan fingerprint density at radius 1 is 0.561 bits per heavy atom. The maximum Gasteiger partial charge on any atom is 0.219 e. The molecule has 10 rings (SSSR count). The molecule has 350 valence electrons. The highest BCUT2D eigenvalue weighted by molar-refractivity contribution is 5.89. The number of nitrogens with two attached hydrogens (primary N) is 2. The molecule has 10 heterocycles. The van der Waals surface area contributed by atoms with Crippen LogP contribution in [0.5, 0.6) is 0 Å². The Morgan fingerprint density at radius 2 is 0.970 bits per heavy atom. The Kier molecular flexibility index (Phi) is 13.4. The van der Waals surface area contributed by atoms with Gasteiger partial charge in [0.05, 0.1) is 37.6 Å². The molecule has 66 heavy (non-hydrogen) atoms. The second kappa shape index (κ2) is 19.9. The number of carbonyl (C=O) groups is 1. The average Bonchev–Trinajstić information content (AvgIpc) is 3.89. The minimum absolute atomic E-state index is 0.208. The van der Waals surface area contributed by atoms with Crippen molar-refractivity contribution < 1.29 is 14.3 Å². The third kappa shape index (κ3) is 9.68. The first-order valence-electron chi connectivity index (χ1n) is 22.9. The fourth-order valence-electron chi connectivity index (χ4n) is 8.55. The molecule has 6 aromatic rings. The molecule has 0 saturated carbocycles. The molecule has 0 atom stereocenters. The van der Waals surface area contributed by atoms with Crippen molar-refractivity contribution in [2.75, 3.05) is 136 Å². The lowest BCUT2D eigenvalue weighted by atomic mass is 10.2. The number of hydrogen-bond donors (Lipinski definition) is 3. The SMILES string of the molecule is CC(C)Cn1c(N2CCN(C=O)CC2)nc2c(N3CCOCC3)nc(-c3cnc(N)nc3)nc21.CC(C)Cn1c(N2CCNCC2)nc2c(N3CCOCC3)nc(-c3cnc(N)nc3)nc21. The van der Waals surface area contributed by atoms with Crippen molar-refractivity contribution in [1.82, 2.24) is 69.2 Å². The number of hydrogen-bond acceptors (Lipinski definition) is 20. The molecule has 6 aromatic heterocycles. The van der Waals surface area contributed by atoms with Gasteiger partial charge in [-0.2, -0.15) is 0 Å². The summed E-state index contributed by atoms with van der Waals surface area (Å²) in [7, 11) is 0. The van der Waals surface area contributed by atoms with Gasteiger partial charge in [0.25, 0.3) is 0 Å². The topological polar surface area (TPSA) is 255 Å². The van der Waals surface area contributed by atoms with E-state index >= 15 is 0 Å². The number of rotatable bonds is 11. The summed E-state index contributed by atoms with van der Waals surface area (Å²) in [5.74, 6) is 5.84. The zero-order valence-electron chi connectivity index (χ0n) is 38.3. The molecule has 0 bridgehead atoms. The van der Waals surface area contributed by atoms with E-state index in [0.717, 1.165) is 136 Å². The summed E-state index contributed by atoms with van der Waals surface area (Å²) in [6.45, 7) is 22.5. The van der Waals surface area contributed by atoms with Gasteiger partial charge in [-0.1, -0.05) is 27.7 Å². The lowest BCUT2D eigenvalue weighted by molar-refractivity contribution is -0.118. The number of anilines is 6. The van der Waals surface area contributed by atoms with Gasteiger partial charge in [0.15, 0.2) is 45.6 Å². The van der Waals surface area contributed by atoms with Crippen LogP contribution in [0.25, 0.3) is 45.1 Å². The summed E-state index contributed by atoms with van der Waals surface area (Å²) >= 11 is 0. The van der Waals surface area contributed by atoms with Crippen LogP contribution in [0.1, 0.15) is 27.7 Å². The molecule has 0 unspecified atom stereocenters. The van der Waals surface area contributed by atoms with E-state index in [1.807, 2.05) is 0 Å². The molecule has 0 aromatic carbocycles. The molecule has 4 aliphatic rings. The van der Waals surface area contributed by atoms with E-state index in [2.05, 4.69) is 81.7 Å². The largest absolute Gasteiger partial charge is 0.378 e. The zero-order chi connectivity index (χ0) is 45.7. The standard InChI is InChI=1S/C22H30N10O2.C21H30N10O/c1-15(2)13-32-20-17(26-22(32)31-5-3-29(14-33)4-6-31)19(30-7-9-34-10-8-30)27-18(28-20)16-11-24-21(23)25-12-16;1-14(2)13-31-19-16(26-21(31)30-5-3-23-4-6-30)18(29-7-9-32-10-8-29)27-17(28-19)15-11-24-20(22)25-12-15/h11-12,14-15H,3-10,13H2,1-2H3,(H2,23,24,25);11-12,14,23H,3-10,13H2,1-2H3,(H2,22,24,25). The highest BCUT2D eigenvalue weighted by atomic mass is 16.5. The van der Waals surface area contributed by atoms with Gasteiger partial charge in [-0.05, 0) is 11.8 Å². The molecule has 4 aliphatic heterocycles. The highest BCUT2D eigenvalue weighted by Crippen LogP contribution is 2.34. The van der Waals surface area contributed by atoms with E-state index in [1.54, 1.807) is 29.7 Å². The number of nitrogens with zero attached hydrogens (tertiary/aromatic N) is 17. The van der Waals surface area contributed by atoms with Gasteiger partial charge < -0.3 is 50.8 Å². The van der Waals surface area contributed by atoms with E-state index in [0.29, 0.717) is 68.6 Å². The van der Waals surface area contributed by atoms with Crippen molar-refractivity contribution in [3.8, 4) is 22.8 Å². The molecule has 4 fully saturated rings. The number of fused-ring (bicyclic) bond motifs is 2. The maximum absolute atomic E-state index is 11.2. The molecular formula is C43H60N20O3. The molecule has 23 heteroatoms. The van der Waals surface area contributed by atoms with E-state index in [9.17, 15) is 4.79 Å². The van der Waals surface area contributed by atoms with Crippen molar-refractivity contribution in [3.63, 3.8) is 0 Å². The van der Waals surface area contributed by atoms with Crippen molar-refractivity contribution in [3.05, 3.63) is 24.8 Å². The van der Waals surface area contributed by atoms with Crippen molar-refractivity contribution in [2.45, 2.75) is 40.8 Å². The van der Waals surface area contributed by atoms with Crippen LogP contribution in [0.4, 0.5) is 35.4 Å². The van der Waals surface area contributed by atoms with Gasteiger partial charge in [-0.3, -0.25) is 13.9 Å². The molecule has 23 nitrogen and oxygen atoms in total. The van der Waals surface area contributed by atoms with Crippen LogP contribution < -0.4 is 36.4 Å². The van der Waals surface area contributed by atoms with Gasteiger partial charge in [-0.25, -0.2) is 49.8 Å². The van der Waals surface area contributed by atoms with Crippen LogP contribution in [-0.2, 0) is 27.4 Å². The molecule has 0 radical (unpaired) electrons. The van der Waals surface area contributed by atoms with Crippen LogP contribution in [0, 0.1) is 11.8 Å². The van der Waals surface area contributed by atoms with Crippen LogP contribution >= 0.6 is 0 Å². The molecule has 0 aliphatic carbocycles. The molecule has 5 N–H and O–H groups in total. The fraction of sp³-hybridized carbons (Fsp3) is 0.558. The number of piperazine rings is 2. The second-order valence-electron chi connectivity index (χ2n) is 17.6. The monoisotopic (exact) mass is 905 g/mol. The first-order chi connectivity index (χ1) is 32.1. The summed E-state index contributed by atoms with van der Waals surface area (Å²) < 4.78 is 15.6. The van der Waals surface area contributed by atoms with Gasteiger partial charge in [0, 0.05) is 116 Å². The quantitative estimate of drug-likeness (QED) is 0.155. The summed E-state index contributed by atoms with van der Waals surface area (Å²) in [5, 5.41) is 3.42. The number of carbonyl (C=O) groups excluding carboxylic acids is 1. The Labute approximate surface area is 383 Å². The fourth-order valence-corrected chi connectivity index (χ4v) is 8.55. The third-order valence-electron chi connectivity index (χ3n) is 11.8.